The first-order valence-corrected chi connectivity index (χ1v) is 11.6. The number of nitrogens with one attached hydrogen (secondary N) is 1. The maximum absolute atomic E-state index is 5.84. The summed E-state index contributed by atoms with van der Waals surface area (Å²) in [6, 6.07) is 6.98. The van der Waals surface area contributed by atoms with Crippen molar-refractivity contribution in [1.29, 1.82) is 0 Å². The quantitative estimate of drug-likeness (QED) is 0.752. The Bertz CT molecular complexity index is 821. The molecule has 0 saturated carbocycles. The Morgan fingerprint density at radius 1 is 1.20 bits per heavy atom. The van der Waals surface area contributed by atoms with Crippen LogP contribution in [-0.2, 0) is 11.3 Å². The number of piperazine rings is 1. The highest BCUT2D eigenvalue weighted by Gasteiger charge is 2.34. The minimum absolute atomic E-state index is 0.253. The van der Waals surface area contributed by atoms with E-state index < -0.39 is 0 Å². The Kier molecular flexibility index (Phi) is 6.68. The van der Waals surface area contributed by atoms with Crippen LogP contribution in [0.1, 0.15) is 56.1 Å². The van der Waals surface area contributed by atoms with Crippen LogP contribution in [0.25, 0.3) is 0 Å². The van der Waals surface area contributed by atoms with E-state index in [-0.39, 0.29) is 6.10 Å². The number of rotatable bonds is 7. The molecule has 1 aromatic heterocycles. The summed E-state index contributed by atoms with van der Waals surface area (Å²) in [5.74, 6) is 1.64. The lowest BCUT2D eigenvalue weighted by molar-refractivity contribution is -0.934. The first-order chi connectivity index (χ1) is 14.5. The van der Waals surface area contributed by atoms with Crippen LogP contribution in [0.5, 0.6) is 0 Å². The molecule has 30 heavy (non-hydrogen) atoms. The fourth-order valence-corrected chi connectivity index (χ4v) is 4.96. The number of hydrogen-bond donors (Lipinski definition) is 1. The van der Waals surface area contributed by atoms with Crippen LogP contribution in [0, 0.1) is 19.8 Å². The first kappa shape index (κ1) is 21.2. The largest absolute Gasteiger partial charge is 0.376 e. The third-order valence-electron chi connectivity index (χ3n) is 6.79. The average molecular weight is 414 g/mol. The van der Waals surface area contributed by atoms with Crippen molar-refractivity contribution in [3.8, 4) is 0 Å². The highest BCUT2D eigenvalue weighted by molar-refractivity contribution is 5.56. The molecule has 2 aliphatic heterocycles. The highest BCUT2D eigenvalue weighted by Crippen LogP contribution is 2.24. The second kappa shape index (κ2) is 9.43. The van der Waals surface area contributed by atoms with Crippen molar-refractivity contribution < 1.29 is 9.64 Å². The molecule has 0 spiro atoms. The summed E-state index contributed by atoms with van der Waals surface area (Å²) in [6.45, 7) is 15.0. The molecule has 0 radical (unpaired) electrons. The summed E-state index contributed by atoms with van der Waals surface area (Å²) >= 11 is 0. The number of benzene rings is 1. The first-order valence-electron chi connectivity index (χ1n) is 11.6. The molecule has 0 amide bonds. The Labute approximate surface area is 180 Å². The van der Waals surface area contributed by atoms with Crippen molar-refractivity contribution in [3.05, 3.63) is 35.2 Å². The van der Waals surface area contributed by atoms with Crippen molar-refractivity contribution in [2.24, 2.45) is 5.92 Å². The van der Waals surface area contributed by atoms with Crippen molar-refractivity contribution in [2.75, 3.05) is 37.7 Å². The van der Waals surface area contributed by atoms with Crippen LogP contribution in [-0.4, -0.2) is 59.1 Å². The fourth-order valence-electron chi connectivity index (χ4n) is 4.96. The minimum Gasteiger partial charge on any atom is -0.376 e. The second-order valence-electron chi connectivity index (χ2n) is 9.40. The van der Waals surface area contributed by atoms with E-state index in [1.54, 1.807) is 4.90 Å². The number of tetrazole rings is 1. The third kappa shape index (κ3) is 4.67. The normalized spacial score (nSPS) is 21.5. The van der Waals surface area contributed by atoms with Crippen molar-refractivity contribution >= 4 is 5.69 Å². The smallest absolute Gasteiger partial charge is 0.209 e. The van der Waals surface area contributed by atoms with Gasteiger partial charge in [-0.3, -0.25) is 0 Å². The maximum atomic E-state index is 5.84. The molecular formula is C23H37N6O+. The van der Waals surface area contributed by atoms with E-state index in [2.05, 4.69) is 66.3 Å². The monoisotopic (exact) mass is 413 g/mol. The van der Waals surface area contributed by atoms with Gasteiger partial charge in [-0.2, -0.15) is 0 Å². The Morgan fingerprint density at radius 2 is 2.00 bits per heavy atom. The van der Waals surface area contributed by atoms with Gasteiger partial charge in [-0.05, 0) is 60.2 Å². The number of hydrogen-bond acceptors (Lipinski definition) is 5. The molecular weight excluding hydrogens is 376 g/mol. The minimum atomic E-state index is 0.253. The summed E-state index contributed by atoms with van der Waals surface area (Å²) in [7, 11) is 0. The maximum Gasteiger partial charge on any atom is 0.209 e. The fraction of sp³-hybridized carbons (Fsp3) is 0.696. The molecule has 0 bridgehead atoms. The van der Waals surface area contributed by atoms with Gasteiger partial charge < -0.3 is 14.5 Å². The van der Waals surface area contributed by atoms with Crippen molar-refractivity contribution in [1.82, 2.24) is 20.2 Å². The summed E-state index contributed by atoms with van der Waals surface area (Å²) in [5.41, 5.74) is 4.16. The van der Waals surface area contributed by atoms with Crippen LogP contribution in [0.4, 0.5) is 5.69 Å². The molecule has 2 aromatic rings. The van der Waals surface area contributed by atoms with Crippen LogP contribution in [0.3, 0.4) is 0 Å². The number of aromatic nitrogens is 4. The zero-order valence-electron chi connectivity index (χ0n) is 19.0. The lowest BCUT2D eigenvalue weighted by atomic mass is 10.0. The van der Waals surface area contributed by atoms with Crippen LogP contribution >= 0.6 is 0 Å². The SMILES string of the molecule is Cc1cccc(N2CC[NH+]([C@H](CC(C)C)c3nnnn3C[C@@H]3CCCO3)CC2)c1C. The molecule has 2 saturated heterocycles. The van der Waals surface area contributed by atoms with Crippen LogP contribution < -0.4 is 9.80 Å². The molecule has 0 aliphatic carbocycles. The molecule has 0 unspecified atom stereocenters. The number of quaternary nitrogens is 1. The van der Waals surface area contributed by atoms with Gasteiger partial charge in [-0.25, -0.2) is 4.68 Å². The van der Waals surface area contributed by atoms with Crippen molar-refractivity contribution in [2.45, 2.75) is 65.6 Å². The number of aryl methyl sites for hydroxylation is 1. The zero-order chi connectivity index (χ0) is 21.1. The Balaban J connectivity index is 1.48. The lowest BCUT2D eigenvalue weighted by Gasteiger charge is -2.38. The topological polar surface area (TPSA) is 60.5 Å². The molecule has 164 valence electrons. The molecule has 1 N–H and O–H groups in total. The van der Waals surface area contributed by atoms with E-state index >= 15 is 0 Å². The highest BCUT2D eigenvalue weighted by atomic mass is 16.5. The summed E-state index contributed by atoms with van der Waals surface area (Å²) < 4.78 is 7.86. The predicted octanol–water partition coefficient (Wildman–Crippen LogP) is 1.96. The Hall–Kier alpha value is -1.99. The average Bonchev–Trinajstić information content (AvgIpc) is 3.41. The van der Waals surface area contributed by atoms with E-state index in [0.717, 1.165) is 64.4 Å². The van der Waals surface area contributed by atoms with Gasteiger partial charge in [0.2, 0.25) is 5.82 Å². The molecule has 1 aromatic carbocycles. The van der Waals surface area contributed by atoms with Gasteiger partial charge in [0.15, 0.2) is 0 Å². The number of anilines is 1. The number of nitrogens with zero attached hydrogens (tertiary/aromatic N) is 5. The van der Waals surface area contributed by atoms with E-state index in [4.69, 9.17) is 4.74 Å². The van der Waals surface area contributed by atoms with E-state index in [9.17, 15) is 0 Å². The molecule has 2 fully saturated rings. The van der Waals surface area contributed by atoms with E-state index in [0.29, 0.717) is 12.0 Å². The van der Waals surface area contributed by atoms with Gasteiger partial charge >= 0.3 is 0 Å². The zero-order valence-corrected chi connectivity index (χ0v) is 19.0. The van der Waals surface area contributed by atoms with Gasteiger partial charge in [0.25, 0.3) is 0 Å². The summed E-state index contributed by atoms with van der Waals surface area (Å²) in [4.78, 5) is 4.15. The molecule has 7 nitrogen and oxygen atoms in total. The summed E-state index contributed by atoms with van der Waals surface area (Å²) in [5, 5.41) is 12.9. The standard InChI is InChI=1S/C23H36N6O/c1-17(2)15-22(23-24-25-26-29(23)16-20-8-6-14-30-20)28-12-10-27(11-13-28)21-9-5-7-18(3)19(21)4/h5,7,9,17,20,22H,6,8,10-16H2,1-4H3/p+1/t20-,22+/m0/s1. The predicted molar refractivity (Wildman–Crippen MR) is 118 cm³/mol. The van der Waals surface area contributed by atoms with E-state index in [1.807, 2.05) is 4.68 Å². The van der Waals surface area contributed by atoms with Gasteiger partial charge in [0.1, 0.15) is 6.04 Å². The van der Waals surface area contributed by atoms with Gasteiger partial charge in [-0.1, -0.05) is 26.0 Å². The van der Waals surface area contributed by atoms with Crippen molar-refractivity contribution in [3.63, 3.8) is 0 Å². The second-order valence-corrected chi connectivity index (χ2v) is 9.40. The molecule has 3 heterocycles. The molecule has 2 atom stereocenters. The van der Waals surface area contributed by atoms with Crippen LogP contribution in [0.15, 0.2) is 18.2 Å². The molecule has 7 heteroatoms. The van der Waals surface area contributed by atoms with Crippen LogP contribution in [0.2, 0.25) is 0 Å². The summed E-state index contributed by atoms with van der Waals surface area (Å²) in [6.07, 6.45) is 3.60. The Morgan fingerprint density at radius 3 is 2.70 bits per heavy atom. The van der Waals surface area contributed by atoms with Gasteiger partial charge in [-0.15, -0.1) is 5.10 Å². The van der Waals surface area contributed by atoms with E-state index in [1.165, 1.54) is 16.8 Å². The molecule has 2 aliphatic rings. The molecule has 4 rings (SSSR count). The lowest BCUT2D eigenvalue weighted by Crippen LogP contribution is -3.15. The number of ether oxygens (including phenoxy) is 1. The van der Waals surface area contributed by atoms with Gasteiger partial charge in [0.05, 0.1) is 38.8 Å². The van der Waals surface area contributed by atoms with Gasteiger partial charge in [0, 0.05) is 18.7 Å². The third-order valence-corrected chi connectivity index (χ3v) is 6.79.